The average molecular weight is 222 g/mol. The summed E-state index contributed by atoms with van der Waals surface area (Å²) in [6, 6.07) is 10.7. The molecule has 2 aromatic rings. The molecule has 0 unspecified atom stereocenters. The van der Waals surface area contributed by atoms with Gasteiger partial charge in [-0.1, -0.05) is 24.3 Å². The van der Waals surface area contributed by atoms with Gasteiger partial charge in [-0.3, -0.25) is 4.57 Å². The van der Waals surface area contributed by atoms with Crippen molar-refractivity contribution in [2.75, 3.05) is 5.73 Å². The van der Waals surface area contributed by atoms with Crippen molar-refractivity contribution in [3.63, 3.8) is 0 Å². The van der Waals surface area contributed by atoms with Crippen molar-refractivity contribution in [2.24, 2.45) is 0 Å². The molecule has 2 aromatic carbocycles. The fraction of sp³-hybridized carbons (Fsp3) is 0. The summed E-state index contributed by atoms with van der Waals surface area (Å²) in [6.45, 7) is 0. The molecule has 0 aliphatic heterocycles. The second-order valence-corrected chi connectivity index (χ2v) is 4.71. The molecule has 0 atom stereocenters. The highest BCUT2D eigenvalue weighted by Crippen LogP contribution is 2.36. The van der Waals surface area contributed by atoms with Crippen molar-refractivity contribution in [1.82, 2.24) is 0 Å². The van der Waals surface area contributed by atoms with E-state index < -0.39 is 7.60 Å². The third-order valence-electron chi connectivity index (χ3n) is 2.16. The Balaban J connectivity index is 2.89. The largest absolute Gasteiger partial charge is 0.398 e. The molecule has 0 spiro atoms. The summed E-state index contributed by atoms with van der Waals surface area (Å²) in [6.07, 6.45) is 0. The maximum atomic E-state index is 11.2. The molecular formula is C10H9NO3P. The zero-order valence-corrected chi connectivity index (χ0v) is 8.61. The molecule has 15 heavy (non-hydrogen) atoms. The van der Waals surface area contributed by atoms with Crippen molar-refractivity contribution in [3.8, 4) is 0 Å². The SMILES string of the molecule is Nc1cccc2c(P(=O)(O)O)[c]ccc12. The minimum absolute atomic E-state index is 0.104. The molecule has 0 bridgehead atoms. The zero-order chi connectivity index (χ0) is 11.1. The molecule has 0 aliphatic carbocycles. The van der Waals surface area contributed by atoms with Crippen LogP contribution in [0.3, 0.4) is 0 Å². The molecule has 2 rings (SSSR count). The molecular weight excluding hydrogens is 213 g/mol. The molecule has 4 N–H and O–H groups in total. The van der Waals surface area contributed by atoms with Crippen LogP contribution in [0.1, 0.15) is 0 Å². The fourth-order valence-corrected chi connectivity index (χ4v) is 2.25. The van der Waals surface area contributed by atoms with Crippen LogP contribution in [-0.2, 0) is 4.57 Å². The van der Waals surface area contributed by atoms with Crippen LogP contribution in [0.25, 0.3) is 10.8 Å². The first-order valence-corrected chi connectivity index (χ1v) is 5.86. The minimum atomic E-state index is -4.29. The van der Waals surface area contributed by atoms with Crippen LogP contribution in [0.2, 0.25) is 0 Å². The summed E-state index contributed by atoms with van der Waals surface area (Å²) < 4.78 is 11.2. The number of fused-ring (bicyclic) bond motifs is 1. The lowest BCUT2D eigenvalue weighted by Gasteiger charge is -2.08. The lowest BCUT2D eigenvalue weighted by molar-refractivity contribution is 0.387. The van der Waals surface area contributed by atoms with Gasteiger partial charge in [0.25, 0.3) is 0 Å². The molecule has 0 aromatic heterocycles. The van der Waals surface area contributed by atoms with Crippen molar-refractivity contribution >= 4 is 29.4 Å². The van der Waals surface area contributed by atoms with E-state index in [0.717, 1.165) is 0 Å². The highest BCUT2D eigenvalue weighted by Gasteiger charge is 2.20. The Morgan fingerprint density at radius 2 is 1.93 bits per heavy atom. The van der Waals surface area contributed by atoms with Gasteiger partial charge in [-0.2, -0.15) is 0 Å². The van der Waals surface area contributed by atoms with E-state index in [2.05, 4.69) is 6.07 Å². The smallest absolute Gasteiger partial charge is 0.357 e. The molecule has 0 fully saturated rings. The summed E-state index contributed by atoms with van der Waals surface area (Å²) in [5.74, 6) is 0. The van der Waals surface area contributed by atoms with Gasteiger partial charge in [0.1, 0.15) is 0 Å². The summed E-state index contributed by atoms with van der Waals surface area (Å²) in [5, 5.41) is 0.979. The first-order chi connectivity index (χ1) is 7.00. The maximum absolute atomic E-state index is 11.2. The number of nitrogens with two attached hydrogens (primary N) is 1. The second kappa shape index (κ2) is 3.35. The topological polar surface area (TPSA) is 83.6 Å². The van der Waals surface area contributed by atoms with Gasteiger partial charge in [-0.05, 0) is 17.5 Å². The Hall–Kier alpha value is -1.35. The maximum Gasteiger partial charge on any atom is 0.357 e. The van der Waals surface area contributed by atoms with Crippen LogP contribution in [0.4, 0.5) is 5.69 Å². The number of anilines is 1. The Morgan fingerprint density at radius 3 is 2.60 bits per heavy atom. The van der Waals surface area contributed by atoms with E-state index in [4.69, 9.17) is 15.5 Å². The van der Waals surface area contributed by atoms with E-state index in [0.29, 0.717) is 16.5 Å². The van der Waals surface area contributed by atoms with Gasteiger partial charge in [0, 0.05) is 11.1 Å². The first kappa shape index (κ1) is 10.2. The summed E-state index contributed by atoms with van der Waals surface area (Å²) >= 11 is 0. The van der Waals surface area contributed by atoms with Crippen LogP contribution in [0.5, 0.6) is 0 Å². The Bertz CT molecular complexity index is 562. The Labute approximate surface area is 86.5 Å². The first-order valence-electron chi connectivity index (χ1n) is 4.25. The van der Waals surface area contributed by atoms with Crippen molar-refractivity contribution < 1.29 is 14.4 Å². The number of hydrogen-bond acceptors (Lipinski definition) is 2. The van der Waals surface area contributed by atoms with Crippen LogP contribution >= 0.6 is 7.60 Å². The molecule has 1 radical (unpaired) electrons. The van der Waals surface area contributed by atoms with Gasteiger partial charge >= 0.3 is 7.60 Å². The van der Waals surface area contributed by atoms with E-state index >= 15 is 0 Å². The van der Waals surface area contributed by atoms with Gasteiger partial charge in [0.05, 0.1) is 5.30 Å². The normalized spacial score (nSPS) is 11.9. The van der Waals surface area contributed by atoms with E-state index in [1.165, 1.54) is 6.07 Å². The van der Waals surface area contributed by atoms with E-state index in [9.17, 15) is 4.57 Å². The molecule has 0 heterocycles. The molecule has 0 aliphatic rings. The van der Waals surface area contributed by atoms with Crippen molar-refractivity contribution in [1.29, 1.82) is 0 Å². The lowest BCUT2D eigenvalue weighted by atomic mass is 10.1. The molecule has 0 saturated heterocycles. The number of nitrogen functional groups attached to an aromatic ring is 1. The molecule has 77 valence electrons. The second-order valence-electron chi connectivity index (χ2n) is 3.18. The van der Waals surface area contributed by atoms with Gasteiger partial charge in [-0.25, -0.2) is 0 Å². The van der Waals surface area contributed by atoms with Crippen molar-refractivity contribution in [3.05, 3.63) is 36.4 Å². The van der Waals surface area contributed by atoms with Crippen LogP contribution < -0.4 is 11.0 Å². The van der Waals surface area contributed by atoms with Crippen molar-refractivity contribution in [2.45, 2.75) is 0 Å². The van der Waals surface area contributed by atoms with Crippen LogP contribution in [0, 0.1) is 6.07 Å². The third kappa shape index (κ3) is 1.75. The van der Waals surface area contributed by atoms with Gasteiger partial charge in [0.2, 0.25) is 0 Å². The summed E-state index contributed by atoms with van der Waals surface area (Å²) in [7, 11) is -4.29. The minimum Gasteiger partial charge on any atom is -0.398 e. The molecule has 0 saturated carbocycles. The van der Waals surface area contributed by atoms with Crippen LogP contribution in [0.15, 0.2) is 30.3 Å². The average Bonchev–Trinajstić information content (AvgIpc) is 2.16. The predicted molar refractivity (Wildman–Crippen MR) is 58.9 cm³/mol. The predicted octanol–water partition coefficient (Wildman–Crippen LogP) is 1.03. The van der Waals surface area contributed by atoms with E-state index in [1.807, 2.05) is 0 Å². The highest BCUT2D eigenvalue weighted by molar-refractivity contribution is 7.60. The monoisotopic (exact) mass is 222 g/mol. The Morgan fingerprint density at radius 1 is 1.20 bits per heavy atom. The Kier molecular flexibility index (Phi) is 2.27. The summed E-state index contributed by atoms with van der Waals surface area (Å²) in [4.78, 5) is 18.2. The van der Waals surface area contributed by atoms with E-state index in [1.54, 1.807) is 24.3 Å². The van der Waals surface area contributed by atoms with Gasteiger partial charge in [-0.15, -0.1) is 0 Å². The number of rotatable bonds is 1. The fourth-order valence-electron chi connectivity index (χ4n) is 1.50. The molecule has 4 nitrogen and oxygen atoms in total. The summed E-state index contributed by atoms with van der Waals surface area (Å²) in [5.41, 5.74) is 6.20. The zero-order valence-electron chi connectivity index (χ0n) is 7.71. The standard InChI is InChI=1S/C10H9NO3P/c11-9-5-1-4-8-7(9)3-2-6-10(8)15(12,13)14/h1-5H,11H2,(H2,12,13,14). The van der Waals surface area contributed by atoms with Gasteiger partial charge in [0.15, 0.2) is 0 Å². The quantitative estimate of drug-likeness (QED) is 0.497. The molecule has 0 amide bonds. The lowest BCUT2D eigenvalue weighted by Crippen LogP contribution is -2.06. The third-order valence-corrected chi connectivity index (χ3v) is 3.11. The molecule has 5 heteroatoms. The van der Waals surface area contributed by atoms with Gasteiger partial charge < -0.3 is 15.5 Å². The van der Waals surface area contributed by atoms with Crippen LogP contribution in [-0.4, -0.2) is 9.79 Å². The van der Waals surface area contributed by atoms with E-state index in [-0.39, 0.29) is 5.30 Å². The highest BCUT2D eigenvalue weighted by atomic mass is 31.2. The number of hydrogen-bond donors (Lipinski definition) is 3. The number of benzene rings is 2.